The number of nitrogens with two attached hydrogens (primary N) is 1. The number of hydrogen-bond acceptors (Lipinski definition) is 3. The first-order valence-electron chi connectivity index (χ1n) is 9.86. The van der Waals surface area contributed by atoms with Crippen molar-refractivity contribution in [2.24, 2.45) is 10.7 Å². The average molecular weight is 391 g/mol. The van der Waals surface area contributed by atoms with E-state index in [1.807, 2.05) is 49.4 Å². The van der Waals surface area contributed by atoms with Crippen LogP contribution < -0.4 is 21.3 Å². The Balaban J connectivity index is 1.47. The van der Waals surface area contributed by atoms with Gasteiger partial charge in [-0.1, -0.05) is 37.1 Å². The second kappa shape index (κ2) is 7.58. The number of rotatable bonds is 4. The van der Waals surface area contributed by atoms with E-state index in [1.54, 1.807) is 6.07 Å². The summed E-state index contributed by atoms with van der Waals surface area (Å²) in [5, 5.41) is 5.98. The number of nitrogens with zero attached hydrogens (tertiary/aromatic N) is 2. The standard InChI is InChI=1S/C22H25N5O2/c1-15-6-4-8-17(12-15)25-20(23)24-14-16-7-5-9-18(13-16)27-19(28)22(26-21(27)29)10-2-3-11-22/h4-9,12-13H,2-3,10-11,14H2,1H3,(H,26,29)(H3,23,24,25). The minimum atomic E-state index is -0.715. The molecule has 1 spiro atoms. The molecule has 29 heavy (non-hydrogen) atoms. The number of hydrogen-bond donors (Lipinski definition) is 3. The molecule has 0 atom stereocenters. The Morgan fingerprint density at radius 1 is 1.17 bits per heavy atom. The van der Waals surface area contributed by atoms with Gasteiger partial charge in [-0.15, -0.1) is 0 Å². The second-order valence-corrected chi connectivity index (χ2v) is 7.73. The topological polar surface area (TPSA) is 99.8 Å². The van der Waals surface area contributed by atoms with E-state index in [0.29, 0.717) is 31.0 Å². The van der Waals surface area contributed by atoms with Crippen molar-refractivity contribution in [3.8, 4) is 0 Å². The van der Waals surface area contributed by atoms with Gasteiger partial charge >= 0.3 is 6.03 Å². The molecule has 0 unspecified atom stereocenters. The Kier molecular flexibility index (Phi) is 4.96. The molecule has 0 aromatic heterocycles. The molecular formula is C22H25N5O2. The summed E-state index contributed by atoms with van der Waals surface area (Å²) in [4.78, 5) is 31.1. The number of imide groups is 1. The first kappa shape index (κ1) is 19.0. The molecular weight excluding hydrogens is 366 g/mol. The zero-order valence-corrected chi connectivity index (χ0v) is 16.4. The predicted molar refractivity (Wildman–Crippen MR) is 114 cm³/mol. The van der Waals surface area contributed by atoms with Crippen molar-refractivity contribution in [2.75, 3.05) is 10.2 Å². The summed E-state index contributed by atoms with van der Waals surface area (Å²) >= 11 is 0. The molecule has 0 radical (unpaired) electrons. The van der Waals surface area contributed by atoms with Gasteiger partial charge in [-0.3, -0.25) is 4.79 Å². The van der Waals surface area contributed by atoms with Gasteiger partial charge in [0.1, 0.15) is 5.54 Å². The number of urea groups is 1. The van der Waals surface area contributed by atoms with Gasteiger partial charge in [0, 0.05) is 5.69 Å². The number of nitrogens with one attached hydrogen (secondary N) is 2. The van der Waals surface area contributed by atoms with E-state index in [4.69, 9.17) is 5.73 Å². The summed E-state index contributed by atoms with van der Waals surface area (Å²) in [7, 11) is 0. The van der Waals surface area contributed by atoms with E-state index in [9.17, 15) is 9.59 Å². The highest BCUT2D eigenvalue weighted by molar-refractivity contribution is 6.23. The molecule has 7 heteroatoms. The molecule has 2 aromatic carbocycles. The second-order valence-electron chi connectivity index (χ2n) is 7.73. The number of guanidine groups is 1. The number of aliphatic imine (C=N–C) groups is 1. The van der Waals surface area contributed by atoms with Gasteiger partial charge in [0.05, 0.1) is 12.2 Å². The third-order valence-corrected chi connectivity index (χ3v) is 5.51. The Labute approximate surface area is 170 Å². The maximum atomic E-state index is 12.9. The van der Waals surface area contributed by atoms with Gasteiger partial charge in [0.15, 0.2) is 5.96 Å². The van der Waals surface area contributed by atoms with Crippen LogP contribution in [0.2, 0.25) is 0 Å². The summed E-state index contributed by atoms with van der Waals surface area (Å²) in [6.45, 7) is 2.35. The van der Waals surface area contributed by atoms with Gasteiger partial charge < -0.3 is 16.4 Å². The zero-order chi connectivity index (χ0) is 20.4. The SMILES string of the molecule is Cc1cccc(NC(N)=NCc2cccc(N3C(=O)NC4(CCCC4)C3=O)c2)c1. The third-order valence-electron chi connectivity index (χ3n) is 5.51. The molecule has 2 fully saturated rings. The monoisotopic (exact) mass is 391 g/mol. The molecule has 4 rings (SSSR count). The largest absolute Gasteiger partial charge is 0.370 e. The van der Waals surface area contributed by atoms with Crippen molar-refractivity contribution in [3.63, 3.8) is 0 Å². The molecule has 3 amide bonds. The van der Waals surface area contributed by atoms with E-state index in [1.165, 1.54) is 4.90 Å². The van der Waals surface area contributed by atoms with Crippen molar-refractivity contribution in [1.82, 2.24) is 5.32 Å². The van der Waals surface area contributed by atoms with E-state index >= 15 is 0 Å². The van der Waals surface area contributed by atoms with Crippen molar-refractivity contribution in [1.29, 1.82) is 0 Å². The molecule has 150 valence electrons. The average Bonchev–Trinajstić information content (AvgIpc) is 3.25. The van der Waals surface area contributed by atoms with Gasteiger partial charge in [0.2, 0.25) is 0 Å². The molecule has 2 aromatic rings. The van der Waals surface area contributed by atoms with Crippen LogP contribution >= 0.6 is 0 Å². The number of carbonyl (C=O) groups is 2. The van der Waals surface area contributed by atoms with Crippen LogP contribution in [-0.2, 0) is 11.3 Å². The number of anilines is 2. The first-order valence-corrected chi connectivity index (χ1v) is 9.86. The zero-order valence-electron chi connectivity index (χ0n) is 16.4. The Morgan fingerprint density at radius 3 is 2.69 bits per heavy atom. The van der Waals surface area contributed by atoms with E-state index in [-0.39, 0.29) is 11.9 Å². The lowest BCUT2D eigenvalue weighted by Gasteiger charge is -2.20. The quantitative estimate of drug-likeness (QED) is 0.423. The van der Waals surface area contributed by atoms with Gasteiger partial charge in [-0.2, -0.15) is 0 Å². The molecule has 1 saturated heterocycles. The van der Waals surface area contributed by atoms with E-state index < -0.39 is 5.54 Å². The van der Waals surface area contributed by atoms with Crippen LogP contribution in [0.25, 0.3) is 0 Å². The molecule has 4 N–H and O–H groups in total. The minimum Gasteiger partial charge on any atom is -0.370 e. The Morgan fingerprint density at radius 2 is 1.93 bits per heavy atom. The van der Waals surface area contributed by atoms with Crippen molar-refractivity contribution in [3.05, 3.63) is 59.7 Å². The van der Waals surface area contributed by atoms with Gasteiger partial charge in [0.25, 0.3) is 5.91 Å². The van der Waals surface area contributed by atoms with Crippen LogP contribution in [0.3, 0.4) is 0 Å². The van der Waals surface area contributed by atoms with E-state index in [0.717, 1.165) is 29.7 Å². The number of benzene rings is 2. The fourth-order valence-corrected chi connectivity index (χ4v) is 4.05. The highest BCUT2D eigenvalue weighted by Crippen LogP contribution is 2.37. The third kappa shape index (κ3) is 3.81. The van der Waals surface area contributed by atoms with Gasteiger partial charge in [-0.05, 0) is 55.2 Å². The first-order chi connectivity index (χ1) is 14.0. The van der Waals surface area contributed by atoms with E-state index in [2.05, 4.69) is 15.6 Å². The lowest BCUT2D eigenvalue weighted by molar-refractivity contribution is -0.121. The van der Waals surface area contributed by atoms with Crippen molar-refractivity contribution >= 4 is 29.3 Å². The van der Waals surface area contributed by atoms with Gasteiger partial charge in [-0.25, -0.2) is 14.7 Å². The number of aryl methyl sites for hydroxylation is 1. The Bertz CT molecular complexity index is 979. The fraction of sp³-hybridized carbons (Fsp3) is 0.318. The smallest absolute Gasteiger partial charge is 0.329 e. The van der Waals surface area contributed by atoms with Crippen molar-refractivity contribution < 1.29 is 9.59 Å². The van der Waals surface area contributed by atoms with Crippen LogP contribution in [0, 0.1) is 6.92 Å². The maximum absolute atomic E-state index is 12.9. The van der Waals surface area contributed by atoms with Crippen LogP contribution in [0.1, 0.15) is 36.8 Å². The summed E-state index contributed by atoms with van der Waals surface area (Å²) in [5.41, 5.74) is 8.72. The van der Waals surface area contributed by atoms with Crippen LogP contribution in [0.4, 0.5) is 16.2 Å². The molecule has 1 aliphatic carbocycles. The molecule has 2 aliphatic rings. The fourth-order valence-electron chi connectivity index (χ4n) is 4.05. The molecule has 1 heterocycles. The lowest BCUT2D eigenvalue weighted by atomic mass is 9.98. The minimum absolute atomic E-state index is 0.152. The maximum Gasteiger partial charge on any atom is 0.329 e. The molecule has 0 bridgehead atoms. The summed E-state index contributed by atoms with van der Waals surface area (Å²) < 4.78 is 0. The van der Waals surface area contributed by atoms with Crippen LogP contribution in [-0.4, -0.2) is 23.4 Å². The molecule has 7 nitrogen and oxygen atoms in total. The lowest BCUT2D eigenvalue weighted by Crippen LogP contribution is -2.44. The highest BCUT2D eigenvalue weighted by atomic mass is 16.2. The van der Waals surface area contributed by atoms with Crippen molar-refractivity contribution in [2.45, 2.75) is 44.7 Å². The Hall–Kier alpha value is -3.35. The number of amides is 3. The number of carbonyl (C=O) groups excluding carboxylic acids is 2. The predicted octanol–water partition coefficient (Wildman–Crippen LogP) is 3.29. The summed E-state index contributed by atoms with van der Waals surface area (Å²) in [5.74, 6) is 0.155. The molecule has 1 saturated carbocycles. The summed E-state index contributed by atoms with van der Waals surface area (Å²) in [6.07, 6.45) is 3.34. The molecule has 1 aliphatic heterocycles. The van der Waals surface area contributed by atoms with Crippen LogP contribution in [0.5, 0.6) is 0 Å². The highest BCUT2D eigenvalue weighted by Gasteiger charge is 2.52. The normalized spacial score (nSPS) is 18.4. The van der Waals surface area contributed by atoms with Crippen LogP contribution in [0.15, 0.2) is 53.5 Å². The summed E-state index contributed by atoms with van der Waals surface area (Å²) in [6, 6.07) is 14.8.